The standard InChI is InChI=1S/C11H22N4/c1-11(13,8-12)9-14(2)7-10-5-4-6-15(10)3/h10H,4-7,9,13H2,1-3H3. The van der Waals surface area contributed by atoms with E-state index in [9.17, 15) is 0 Å². The molecule has 1 heterocycles. The molecular weight excluding hydrogens is 188 g/mol. The van der Waals surface area contributed by atoms with Crippen LogP contribution in [0.4, 0.5) is 0 Å². The number of hydrogen-bond acceptors (Lipinski definition) is 4. The van der Waals surface area contributed by atoms with Gasteiger partial charge in [-0.05, 0) is 40.4 Å². The molecule has 0 aromatic heterocycles. The van der Waals surface area contributed by atoms with Crippen LogP contribution in [-0.2, 0) is 0 Å². The zero-order chi connectivity index (χ0) is 11.5. The average molecular weight is 210 g/mol. The van der Waals surface area contributed by atoms with Crippen molar-refractivity contribution in [3.05, 3.63) is 0 Å². The summed E-state index contributed by atoms with van der Waals surface area (Å²) in [6.07, 6.45) is 2.54. The average Bonchev–Trinajstić information content (AvgIpc) is 2.51. The molecule has 0 spiro atoms. The summed E-state index contributed by atoms with van der Waals surface area (Å²) in [4.78, 5) is 4.55. The van der Waals surface area contributed by atoms with Gasteiger partial charge in [-0.25, -0.2) is 0 Å². The van der Waals surface area contributed by atoms with E-state index in [1.54, 1.807) is 6.92 Å². The van der Waals surface area contributed by atoms with Crippen LogP contribution < -0.4 is 5.73 Å². The number of likely N-dealkylation sites (tertiary alicyclic amines) is 1. The summed E-state index contributed by atoms with van der Waals surface area (Å²) >= 11 is 0. The van der Waals surface area contributed by atoms with Gasteiger partial charge in [0.2, 0.25) is 0 Å². The summed E-state index contributed by atoms with van der Waals surface area (Å²) in [5, 5.41) is 8.84. The van der Waals surface area contributed by atoms with Crippen LogP contribution in [0.15, 0.2) is 0 Å². The highest BCUT2D eigenvalue weighted by molar-refractivity contribution is 5.03. The van der Waals surface area contributed by atoms with Gasteiger partial charge in [0.25, 0.3) is 0 Å². The van der Waals surface area contributed by atoms with Gasteiger partial charge in [0.1, 0.15) is 5.54 Å². The van der Waals surface area contributed by atoms with Gasteiger partial charge in [-0.15, -0.1) is 0 Å². The maximum Gasteiger partial charge on any atom is 0.114 e. The lowest BCUT2D eigenvalue weighted by Crippen LogP contribution is -2.48. The largest absolute Gasteiger partial charge is 0.313 e. The summed E-state index contributed by atoms with van der Waals surface area (Å²) in [6.45, 7) is 4.61. The highest BCUT2D eigenvalue weighted by Crippen LogP contribution is 2.15. The lowest BCUT2D eigenvalue weighted by molar-refractivity contribution is 0.205. The summed E-state index contributed by atoms with van der Waals surface area (Å²) in [5.41, 5.74) is 5.08. The maximum absolute atomic E-state index is 8.84. The van der Waals surface area contributed by atoms with E-state index < -0.39 is 5.54 Å². The Morgan fingerprint density at radius 1 is 1.67 bits per heavy atom. The van der Waals surface area contributed by atoms with Crippen molar-refractivity contribution in [3.63, 3.8) is 0 Å². The van der Waals surface area contributed by atoms with Crippen molar-refractivity contribution in [2.45, 2.75) is 31.3 Å². The Balaban J connectivity index is 2.36. The molecule has 0 aliphatic carbocycles. The number of nitriles is 1. The molecule has 86 valence electrons. The van der Waals surface area contributed by atoms with Crippen molar-refractivity contribution in [3.8, 4) is 6.07 Å². The zero-order valence-electron chi connectivity index (χ0n) is 10.0. The molecule has 1 fully saturated rings. The molecule has 4 heteroatoms. The second-order valence-corrected chi connectivity index (χ2v) is 5.00. The Bertz CT molecular complexity index is 243. The summed E-state index contributed by atoms with van der Waals surface area (Å²) in [6, 6.07) is 2.76. The van der Waals surface area contributed by atoms with Crippen LogP contribution in [0.5, 0.6) is 0 Å². The van der Waals surface area contributed by atoms with Gasteiger partial charge in [0, 0.05) is 19.1 Å². The van der Waals surface area contributed by atoms with E-state index in [1.807, 2.05) is 7.05 Å². The number of nitrogens with two attached hydrogens (primary N) is 1. The van der Waals surface area contributed by atoms with Gasteiger partial charge in [0.05, 0.1) is 6.07 Å². The zero-order valence-corrected chi connectivity index (χ0v) is 10.0. The monoisotopic (exact) mass is 210 g/mol. The van der Waals surface area contributed by atoms with E-state index in [0.29, 0.717) is 12.6 Å². The smallest absolute Gasteiger partial charge is 0.114 e. The third-order valence-electron chi connectivity index (χ3n) is 3.05. The Labute approximate surface area is 92.6 Å². The Morgan fingerprint density at radius 3 is 2.80 bits per heavy atom. The molecule has 4 nitrogen and oxygen atoms in total. The minimum atomic E-state index is -0.730. The molecule has 2 N–H and O–H groups in total. The lowest BCUT2D eigenvalue weighted by Gasteiger charge is -2.29. The molecule has 1 aliphatic heterocycles. The van der Waals surface area contributed by atoms with Crippen molar-refractivity contribution < 1.29 is 0 Å². The van der Waals surface area contributed by atoms with Crippen molar-refractivity contribution >= 4 is 0 Å². The van der Waals surface area contributed by atoms with Crippen molar-refractivity contribution in [1.29, 1.82) is 5.26 Å². The van der Waals surface area contributed by atoms with Gasteiger partial charge in [-0.3, -0.25) is 0 Å². The van der Waals surface area contributed by atoms with Crippen LogP contribution >= 0.6 is 0 Å². The van der Waals surface area contributed by atoms with Gasteiger partial charge in [-0.1, -0.05) is 0 Å². The van der Waals surface area contributed by atoms with E-state index >= 15 is 0 Å². The third kappa shape index (κ3) is 3.78. The van der Waals surface area contributed by atoms with E-state index in [4.69, 9.17) is 11.0 Å². The minimum absolute atomic E-state index is 0.629. The van der Waals surface area contributed by atoms with Crippen LogP contribution in [0.25, 0.3) is 0 Å². The number of likely N-dealkylation sites (N-methyl/N-ethyl adjacent to an activating group) is 2. The fraction of sp³-hybridized carbons (Fsp3) is 0.909. The summed E-state index contributed by atoms with van der Waals surface area (Å²) < 4.78 is 0. The molecule has 1 rings (SSSR count). The summed E-state index contributed by atoms with van der Waals surface area (Å²) in [5.74, 6) is 0. The van der Waals surface area contributed by atoms with Crippen molar-refractivity contribution in [2.24, 2.45) is 5.73 Å². The molecule has 2 unspecified atom stereocenters. The van der Waals surface area contributed by atoms with E-state index in [2.05, 4.69) is 22.9 Å². The van der Waals surface area contributed by atoms with Gasteiger partial charge >= 0.3 is 0 Å². The first-order valence-electron chi connectivity index (χ1n) is 5.53. The highest BCUT2D eigenvalue weighted by atomic mass is 15.2. The molecule has 1 aliphatic rings. The molecular formula is C11H22N4. The number of nitrogens with zero attached hydrogens (tertiary/aromatic N) is 3. The fourth-order valence-corrected chi connectivity index (χ4v) is 2.23. The fourth-order valence-electron chi connectivity index (χ4n) is 2.23. The van der Waals surface area contributed by atoms with Crippen LogP contribution in [0, 0.1) is 11.3 Å². The number of rotatable bonds is 4. The van der Waals surface area contributed by atoms with Crippen LogP contribution in [-0.4, -0.2) is 55.1 Å². The second-order valence-electron chi connectivity index (χ2n) is 5.00. The molecule has 1 saturated heterocycles. The van der Waals surface area contributed by atoms with Crippen LogP contribution in [0.1, 0.15) is 19.8 Å². The molecule has 0 aromatic rings. The Hall–Kier alpha value is -0.630. The van der Waals surface area contributed by atoms with Gasteiger partial charge in [-0.2, -0.15) is 5.26 Å². The van der Waals surface area contributed by atoms with Gasteiger partial charge in [0.15, 0.2) is 0 Å². The van der Waals surface area contributed by atoms with Crippen molar-refractivity contribution in [2.75, 3.05) is 33.7 Å². The first-order chi connectivity index (χ1) is 6.94. The normalized spacial score (nSPS) is 26.5. The van der Waals surface area contributed by atoms with Gasteiger partial charge < -0.3 is 15.5 Å². The Kier molecular flexibility index (Phi) is 4.09. The molecule has 15 heavy (non-hydrogen) atoms. The molecule has 0 amide bonds. The topological polar surface area (TPSA) is 56.3 Å². The Morgan fingerprint density at radius 2 is 2.33 bits per heavy atom. The molecule has 0 saturated carbocycles. The predicted molar refractivity (Wildman–Crippen MR) is 61.4 cm³/mol. The maximum atomic E-state index is 8.84. The lowest BCUT2D eigenvalue weighted by atomic mass is 10.1. The van der Waals surface area contributed by atoms with E-state index in [1.165, 1.54) is 19.4 Å². The number of hydrogen-bond donors (Lipinski definition) is 1. The molecule has 2 atom stereocenters. The molecule has 0 bridgehead atoms. The van der Waals surface area contributed by atoms with Crippen molar-refractivity contribution in [1.82, 2.24) is 9.80 Å². The summed E-state index contributed by atoms with van der Waals surface area (Å²) in [7, 11) is 4.20. The highest BCUT2D eigenvalue weighted by Gasteiger charge is 2.25. The minimum Gasteiger partial charge on any atom is -0.313 e. The molecule has 0 radical (unpaired) electrons. The van der Waals surface area contributed by atoms with E-state index in [0.717, 1.165) is 6.54 Å². The molecule has 0 aromatic carbocycles. The third-order valence-corrected chi connectivity index (χ3v) is 3.05. The quantitative estimate of drug-likeness (QED) is 0.723. The first-order valence-corrected chi connectivity index (χ1v) is 5.53. The van der Waals surface area contributed by atoms with Crippen LogP contribution in [0.2, 0.25) is 0 Å². The second kappa shape index (κ2) is 4.93. The predicted octanol–water partition coefficient (Wildman–Crippen LogP) is 0.253. The van der Waals surface area contributed by atoms with Crippen LogP contribution in [0.3, 0.4) is 0 Å². The first kappa shape index (κ1) is 12.4. The SMILES string of the molecule is CN(CC1CCCN1C)CC(C)(N)C#N. The van der Waals surface area contributed by atoms with E-state index in [-0.39, 0.29) is 0 Å².